The van der Waals surface area contributed by atoms with Crippen LogP contribution in [0.1, 0.15) is 19.3 Å². The van der Waals surface area contributed by atoms with E-state index in [1.807, 2.05) is 30.3 Å². The highest BCUT2D eigenvalue weighted by Gasteiger charge is 2.30. The van der Waals surface area contributed by atoms with E-state index in [0.717, 1.165) is 18.6 Å². The molecule has 1 saturated carbocycles. The van der Waals surface area contributed by atoms with Crippen molar-refractivity contribution in [3.05, 3.63) is 30.3 Å². The van der Waals surface area contributed by atoms with Gasteiger partial charge in [-0.15, -0.1) is 0 Å². The molecule has 2 rings (SSSR count). The van der Waals surface area contributed by atoms with Crippen LogP contribution in [0.25, 0.3) is 0 Å². The zero-order valence-electron chi connectivity index (χ0n) is 8.43. The molecule has 0 radical (unpaired) electrons. The van der Waals surface area contributed by atoms with Crippen LogP contribution in [0, 0.1) is 5.92 Å². The lowest BCUT2D eigenvalue weighted by Gasteiger charge is -2.12. The predicted octanol–water partition coefficient (Wildman–Crippen LogP) is 2.32. The van der Waals surface area contributed by atoms with Crippen LogP contribution in [0.2, 0.25) is 0 Å². The highest BCUT2D eigenvalue weighted by Crippen LogP contribution is 2.29. The summed E-state index contributed by atoms with van der Waals surface area (Å²) in [6, 6.07) is 9.56. The van der Waals surface area contributed by atoms with Gasteiger partial charge in [0, 0.05) is 0 Å². The van der Waals surface area contributed by atoms with Crippen LogP contribution < -0.4 is 4.74 Å². The fourth-order valence-corrected chi connectivity index (χ4v) is 1.96. The van der Waals surface area contributed by atoms with Gasteiger partial charge < -0.3 is 9.84 Å². The second kappa shape index (κ2) is 4.34. The lowest BCUT2D eigenvalue weighted by Crippen LogP contribution is -2.15. The third kappa shape index (κ3) is 2.49. The first kappa shape index (κ1) is 10.0. The summed E-state index contributed by atoms with van der Waals surface area (Å²) in [5, 5.41) is 8.84. The Morgan fingerprint density at radius 3 is 2.60 bits per heavy atom. The van der Waals surface area contributed by atoms with Gasteiger partial charge in [-0.2, -0.15) is 0 Å². The molecule has 1 aliphatic carbocycles. The fourth-order valence-electron chi connectivity index (χ4n) is 1.96. The maximum atomic E-state index is 10.7. The standard InChI is InChI=1S/C12H14O3/c13-12(14)9-6-7-11(8-9)15-10-4-2-1-3-5-10/h1-5,9,11H,6-8H2,(H,13,14)/t9-,11-/m1/s1. The van der Waals surface area contributed by atoms with Gasteiger partial charge in [0.15, 0.2) is 0 Å². The average molecular weight is 206 g/mol. The van der Waals surface area contributed by atoms with E-state index < -0.39 is 5.97 Å². The number of hydrogen-bond donors (Lipinski definition) is 1. The van der Waals surface area contributed by atoms with E-state index in [0.29, 0.717) is 6.42 Å². The van der Waals surface area contributed by atoms with Gasteiger partial charge in [-0.1, -0.05) is 18.2 Å². The summed E-state index contributed by atoms with van der Waals surface area (Å²) in [7, 11) is 0. The number of para-hydroxylation sites is 1. The Bertz CT molecular complexity index is 334. The zero-order valence-corrected chi connectivity index (χ0v) is 8.43. The molecule has 0 aliphatic heterocycles. The summed E-state index contributed by atoms with van der Waals surface area (Å²) >= 11 is 0. The van der Waals surface area contributed by atoms with Crippen molar-refractivity contribution >= 4 is 5.97 Å². The highest BCUT2D eigenvalue weighted by molar-refractivity contribution is 5.70. The van der Waals surface area contributed by atoms with Crippen LogP contribution >= 0.6 is 0 Å². The van der Waals surface area contributed by atoms with Crippen molar-refractivity contribution in [3.8, 4) is 5.75 Å². The van der Waals surface area contributed by atoms with Gasteiger partial charge in [-0.05, 0) is 31.4 Å². The molecule has 2 atom stereocenters. The normalized spacial score (nSPS) is 25.1. The fraction of sp³-hybridized carbons (Fsp3) is 0.417. The molecular weight excluding hydrogens is 192 g/mol. The van der Waals surface area contributed by atoms with Crippen LogP contribution in [0.15, 0.2) is 30.3 Å². The smallest absolute Gasteiger partial charge is 0.306 e. The van der Waals surface area contributed by atoms with Crippen LogP contribution in [0.3, 0.4) is 0 Å². The monoisotopic (exact) mass is 206 g/mol. The maximum Gasteiger partial charge on any atom is 0.306 e. The minimum atomic E-state index is -0.700. The number of rotatable bonds is 3. The SMILES string of the molecule is O=C(O)[C@@H]1CC[C@@H](Oc2ccccc2)C1. The van der Waals surface area contributed by atoms with Gasteiger partial charge in [-0.25, -0.2) is 0 Å². The summed E-state index contributed by atoms with van der Waals surface area (Å²) in [4.78, 5) is 10.7. The lowest BCUT2D eigenvalue weighted by molar-refractivity contribution is -0.141. The van der Waals surface area contributed by atoms with Gasteiger partial charge >= 0.3 is 5.97 Å². The minimum absolute atomic E-state index is 0.0634. The largest absolute Gasteiger partial charge is 0.490 e. The van der Waals surface area contributed by atoms with Crippen molar-refractivity contribution in [2.75, 3.05) is 0 Å². The van der Waals surface area contributed by atoms with Gasteiger partial charge in [0.2, 0.25) is 0 Å². The second-order valence-corrected chi connectivity index (χ2v) is 3.90. The minimum Gasteiger partial charge on any atom is -0.490 e. The molecule has 0 amide bonds. The predicted molar refractivity (Wildman–Crippen MR) is 55.8 cm³/mol. The Morgan fingerprint density at radius 2 is 2.00 bits per heavy atom. The van der Waals surface area contributed by atoms with E-state index in [1.165, 1.54) is 0 Å². The molecular formula is C12H14O3. The summed E-state index contributed by atoms with van der Waals surface area (Å²) in [5.74, 6) is -0.0959. The molecule has 0 spiro atoms. The molecule has 0 aromatic heterocycles. The van der Waals surface area contributed by atoms with E-state index >= 15 is 0 Å². The maximum absolute atomic E-state index is 10.7. The molecule has 3 nitrogen and oxygen atoms in total. The summed E-state index contributed by atoms with van der Waals surface area (Å²) < 4.78 is 5.69. The first-order valence-corrected chi connectivity index (χ1v) is 5.20. The summed E-state index contributed by atoms with van der Waals surface area (Å²) in [5.41, 5.74) is 0. The Labute approximate surface area is 88.7 Å². The third-order valence-electron chi connectivity index (χ3n) is 2.78. The van der Waals surface area contributed by atoms with E-state index in [-0.39, 0.29) is 12.0 Å². The topological polar surface area (TPSA) is 46.5 Å². The van der Waals surface area contributed by atoms with Crippen molar-refractivity contribution in [1.29, 1.82) is 0 Å². The number of carboxylic acid groups (broad SMARTS) is 1. The molecule has 0 bridgehead atoms. The molecule has 1 fully saturated rings. The second-order valence-electron chi connectivity index (χ2n) is 3.90. The van der Waals surface area contributed by atoms with Crippen molar-refractivity contribution in [2.45, 2.75) is 25.4 Å². The third-order valence-corrected chi connectivity index (χ3v) is 2.78. The van der Waals surface area contributed by atoms with Gasteiger partial charge in [0.05, 0.1) is 12.0 Å². The zero-order chi connectivity index (χ0) is 10.7. The molecule has 3 heteroatoms. The number of carboxylic acids is 1. The average Bonchev–Trinajstić information content (AvgIpc) is 2.68. The molecule has 15 heavy (non-hydrogen) atoms. The quantitative estimate of drug-likeness (QED) is 0.825. The molecule has 0 unspecified atom stereocenters. The van der Waals surface area contributed by atoms with Gasteiger partial charge in [0.1, 0.15) is 5.75 Å². The van der Waals surface area contributed by atoms with Crippen LogP contribution in [-0.2, 0) is 4.79 Å². The van der Waals surface area contributed by atoms with E-state index in [9.17, 15) is 4.79 Å². The molecule has 0 saturated heterocycles. The van der Waals surface area contributed by atoms with Crippen molar-refractivity contribution in [1.82, 2.24) is 0 Å². The van der Waals surface area contributed by atoms with Gasteiger partial charge in [0.25, 0.3) is 0 Å². The molecule has 0 heterocycles. The van der Waals surface area contributed by atoms with Crippen molar-refractivity contribution in [3.63, 3.8) is 0 Å². The van der Waals surface area contributed by atoms with Crippen LogP contribution in [0.5, 0.6) is 5.75 Å². The first-order chi connectivity index (χ1) is 7.25. The Hall–Kier alpha value is -1.51. The molecule has 1 aromatic carbocycles. The number of aliphatic carboxylic acids is 1. The Balaban J connectivity index is 1.90. The van der Waals surface area contributed by atoms with Crippen molar-refractivity contribution < 1.29 is 14.6 Å². The lowest BCUT2D eigenvalue weighted by atomic mass is 10.1. The molecule has 1 N–H and O–H groups in total. The Morgan fingerprint density at radius 1 is 1.27 bits per heavy atom. The van der Waals surface area contributed by atoms with Gasteiger partial charge in [-0.3, -0.25) is 4.79 Å². The number of benzene rings is 1. The number of carbonyl (C=O) groups is 1. The summed E-state index contributed by atoms with van der Waals surface area (Å²) in [6.45, 7) is 0. The molecule has 80 valence electrons. The number of ether oxygens (including phenoxy) is 1. The first-order valence-electron chi connectivity index (χ1n) is 5.20. The van der Waals surface area contributed by atoms with Crippen LogP contribution in [0.4, 0.5) is 0 Å². The highest BCUT2D eigenvalue weighted by atomic mass is 16.5. The molecule has 1 aliphatic rings. The van der Waals surface area contributed by atoms with E-state index in [1.54, 1.807) is 0 Å². The van der Waals surface area contributed by atoms with E-state index in [2.05, 4.69) is 0 Å². The Kier molecular flexibility index (Phi) is 2.90. The molecule has 1 aromatic rings. The number of hydrogen-bond acceptors (Lipinski definition) is 2. The summed E-state index contributed by atoms with van der Waals surface area (Å²) in [6.07, 6.45) is 2.26. The van der Waals surface area contributed by atoms with Crippen LogP contribution in [-0.4, -0.2) is 17.2 Å². The van der Waals surface area contributed by atoms with E-state index in [4.69, 9.17) is 9.84 Å². The van der Waals surface area contributed by atoms with Crippen molar-refractivity contribution in [2.24, 2.45) is 5.92 Å².